The summed E-state index contributed by atoms with van der Waals surface area (Å²) in [6.45, 7) is 0.0609. The minimum Gasteiger partial charge on any atom is -0.480 e. The zero-order valence-corrected chi connectivity index (χ0v) is 18.5. The number of methoxy groups -OCH3 is 1. The number of amides is 1. The molecule has 0 saturated carbocycles. The number of nitrogens with one attached hydrogen (secondary N) is 2. The smallest absolute Gasteiger partial charge is 0.407 e. The van der Waals surface area contributed by atoms with E-state index in [1.54, 1.807) is 24.3 Å². The van der Waals surface area contributed by atoms with Gasteiger partial charge in [0.2, 0.25) is 0 Å². The van der Waals surface area contributed by atoms with Crippen LogP contribution in [0.15, 0.2) is 42.5 Å². The van der Waals surface area contributed by atoms with Gasteiger partial charge in [0.15, 0.2) is 5.69 Å². The maximum atomic E-state index is 11.8. The van der Waals surface area contributed by atoms with Gasteiger partial charge in [-0.05, 0) is 18.4 Å². The SMILES string of the molecule is COC(=O)c1cc([N+](=O)[O-])c(N[C@@H](CCCNC(=O)OCc2ccccc2)C(=O)O)c([N+](=O)[O-])c1. The standard InChI is InChI=1S/C21H22N4O10/c1-34-20(28)14-10-16(24(30)31)18(17(11-14)25(32)33)23-15(19(26)27)8-5-9-22-21(29)35-12-13-6-3-2-4-7-13/h2-4,6-7,10-11,15,23H,5,8-9,12H2,1H3,(H,22,29)(H,26,27)/t15-/m0/s1. The molecule has 0 unspecified atom stereocenters. The van der Waals surface area contributed by atoms with Gasteiger partial charge in [-0.15, -0.1) is 0 Å². The zero-order chi connectivity index (χ0) is 26.0. The number of alkyl carbamates (subject to hydrolysis) is 1. The fourth-order valence-electron chi connectivity index (χ4n) is 2.99. The Kier molecular flexibility index (Phi) is 9.45. The van der Waals surface area contributed by atoms with E-state index in [-0.39, 0.29) is 26.0 Å². The maximum absolute atomic E-state index is 11.8. The first-order chi connectivity index (χ1) is 16.6. The molecule has 0 radical (unpaired) electrons. The van der Waals surface area contributed by atoms with Crippen LogP contribution in [0.25, 0.3) is 0 Å². The Bertz CT molecular complexity index is 1070. The number of nitro groups is 2. The van der Waals surface area contributed by atoms with Gasteiger partial charge in [-0.2, -0.15) is 0 Å². The summed E-state index contributed by atoms with van der Waals surface area (Å²) in [7, 11) is 0.998. The molecule has 0 fully saturated rings. The Hall–Kier alpha value is -4.75. The van der Waals surface area contributed by atoms with Crippen LogP contribution in [0.1, 0.15) is 28.8 Å². The van der Waals surface area contributed by atoms with Gasteiger partial charge in [-0.25, -0.2) is 14.4 Å². The number of anilines is 1. The molecule has 0 spiro atoms. The van der Waals surface area contributed by atoms with Crippen molar-refractivity contribution >= 4 is 35.1 Å². The van der Waals surface area contributed by atoms with Crippen LogP contribution in [0.2, 0.25) is 0 Å². The number of rotatable bonds is 12. The molecule has 2 aromatic rings. The second-order valence-electron chi connectivity index (χ2n) is 7.06. The molecule has 0 saturated heterocycles. The van der Waals surface area contributed by atoms with Crippen LogP contribution in [0.4, 0.5) is 21.9 Å². The molecule has 3 N–H and O–H groups in total. The predicted molar refractivity (Wildman–Crippen MR) is 120 cm³/mol. The number of carbonyl (C=O) groups excluding carboxylic acids is 2. The third-order valence-electron chi connectivity index (χ3n) is 4.68. The van der Waals surface area contributed by atoms with E-state index in [9.17, 15) is 39.7 Å². The third kappa shape index (κ3) is 7.66. The molecule has 186 valence electrons. The summed E-state index contributed by atoms with van der Waals surface area (Å²) in [6, 6.07) is 8.96. The van der Waals surface area contributed by atoms with Gasteiger partial charge in [0.1, 0.15) is 12.6 Å². The molecule has 2 rings (SSSR count). The van der Waals surface area contributed by atoms with Crippen LogP contribution in [0.3, 0.4) is 0 Å². The molecule has 2 aromatic carbocycles. The number of ether oxygens (including phenoxy) is 2. The summed E-state index contributed by atoms with van der Waals surface area (Å²) in [5.41, 5.74) is -2.07. The van der Waals surface area contributed by atoms with Gasteiger partial charge in [-0.1, -0.05) is 30.3 Å². The van der Waals surface area contributed by atoms with Crippen LogP contribution >= 0.6 is 0 Å². The molecular weight excluding hydrogens is 468 g/mol. The van der Waals surface area contributed by atoms with Gasteiger partial charge in [0.25, 0.3) is 11.4 Å². The first kappa shape index (κ1) is 26.5. The van der Waals surface area contributed by atoms with E-state index in [0.29, 0.717) is 0 Å². The number of carboxylic acid groups (broad SMARTS) is 1. The van der Waals surface area contributed by atoms with E-state index < -0.39 is 56.5 Å². The molecule has 14 nitrogen and oxygen atoms in total. The fourth-order valence-corrected chi connectivity index (χ4v) is 2.99. The van der Waals surface area contributed by atoms with E-state index in [2.05, 4.69) is 15.4 Å². The molecule has 0 bridgehead atoms. The van der Waals surface area contributed by atoms with Crippen molar-refractivity contribution in [1.29, 1.82) is 0 Å². The number of hydrogen-bond donors (Lipinski definition) is 3. The van der Waals surface area contributed by atoms with Crippen molar-refractivity contribution in [2.45, 2.75) is 25.5 Å². The second-order valence-corrected chi connectivity index (χ2v) is 7.06. The predicted octanol–water partition coefficient (Wildman–Crippen LogP) is 2.86. The molecule has 1 amide bonds. The average molecular weight is 490 g/mol. The van der Waals surface area contributed by atoms with Gasteiger partial charge >= 0.3 is 18.0 Å². The maximum Gasteiger partial charge on any atom is 0.407 e. The Labute approximate surface area is 198 Å². The minimum absolute atomic E-state index is 0.0184. The van der Waals surface area contributed by atoms with Crippen molar-refractivity contribution in [3.63, 3.8) is 0 Å². The van der Waals surface area contributed by atoms with E-state index in [4.69, 9.17) is 4.74 Å². The van der Waals surface area contributed by atoms with Crippen molar-refractivity contribution in [2.24, 2.45) is 0 Å². The second kappa shape index (κ2) is 12.5. The number of carbonyl (C=O) groups is 3. The first-order valence-electron chi connectivity index (χ1n) is 10.1. The first-order valence-corrected chi connectivity index (χ1v) is 10.1. The van der Waals surface area contributed by atoms with Crippen LogP contribution < -0.4 is 10.6 Å². The molecule has 0 aliphatic carbocycles. The van der Waals surface area contributed by atoms with E-state index >= 15 is 0 Å². The average Bonchev–Trinajstić information content (AvgIpc) is 2.83. The molecule has 0 aliphatic rings. The minimum atomic E-state index is -1.47. The highest BCUT2D eigenvalue weighted by Gasteiger charge is 2.32. The van der Waals surface area contributed by atoms with Crippen LogP contribution in [0, 0.1) is 20.2 Å². The lowest BCUT2D eigenvalue weighted by Gasteiger charge is -2.16. The number of esters is 1. The van der Waals surface area contributed by atoms with Crippen LogP contribution in [0.5, 0.6) is 0 Å². The Morgan fingerprint density at radius 3 is 2.17 bits per heavy atom. The third-order valence-corrected chi connectivity index (χ3v) is 4.68. The molecular formula is C21H22N4O10. The number of nitrogens with zero attached hydrogens (tertiary/aromatic N) is 2. The highest BCUT2D eigenvalue weighted by Crippen LogP contribution is 2.36. The summed E-state index contributed by atoms with van der Waals surface area (Å²) in [5, 5.41) is 37.3. The van der Waals surface area contributed by atoms with Crippen molar-refractivity contribution in [3.8, 4) is 0 Å². The van der Waals surface area contributed by atoms with Gasteiger partial charge in [0.05, 0.1) is 22.5 Å². The number of nitro benzene ring substituents is 2. The van der Waals surface area contributed by atoms with Crippen molar-refractivity contribution in [3.05, 3.63) is 73.8 Å². The van der Waals surface area contributed by atoms with E-state index in [1.807, 2.05) is 6.07 Å². The topological polar surface area (TPSA) is 200 Å². The summed E-state index contributed by atoms with van der Waals surface area (Å²) < 4.78 is 9.48. The zero-order valence-electron chi connectivity index (χ0n) is 18.5. The Morgan fingerprint density at radius 2 is 1.66 bits per heavy atom. The van der Waals surface area contributed by atoms with Crippen LogP contribution in [-0.4, -0.2) is 52.7 Å². The van der Waals surface area contributed by atoms with Gasteiger partial charge in [0, 0.05) is 18.7 Å². The fraction of sp³-hybridized carbons (Fsp3) is 0.286. The summed E-state index contributed by atoms with van der Waals surface area (Å²) in [4.78, 5) is 56.2. The lowest BCUT2D eigenvalue weighted by molar-refractivity contribution is -0.392. The molecule has 35 heavy (non-hydrogen) atoms. The Balaban J connectivity index is 2.06. The molecule has 1 atom stereocenters. The Morgan fingerprint density at radius 1 is 1.06 bits per heavy atom. The van der Waals surface area contributed by atoms with E-state index in [1.165, 1.54) is 0 Å². The van der Waals surface area contributed by atoms with Gasteiger partial charge < -0.3 is 25.2 Å². The normalized spacial score (nSPS) is 11.1. The quantitative estimate of drug-likeness (QED) is 0.171. The highest BCUT2D eigenvalue weighted by molar-refractivity contribution is 5.94. The van der Waals surface area contributed by atoms with Crippen molar-refractivity contribution < 1.29 is 38.8 Å². The summed E-state index contributed by atoms with van der Waals surface area (Å²) in [5.74, 6) is -2.47. The molecule has 0 aliphatic heterocycles. The number of carboxylic acids is 1. The lowest BCUT2D eigenvalue weighted by atomic mass is 10.1. The molecule has 0 heterocycles. The largest absolute Gasteiger partial charge is 0.480 e. The lowest BCUT2D eigenvalue weighted by Crippen LogP contribution is -2.32. The summed E-state index contributed by atoms with van der Waals surface area (Å²) in [6.07, 6.45) is -0.772. The monoisotopic (exact) mass is 490 g/mol. The highest BCUT2D eigenvalue weighted by atomic mass is 16.6. The van der Waals surface area contributed by atoms with Crippen LogP contribution in [-0.2, 0) is 20.9 Å². The number of hydrogen-bond acceptors (Lipinski definition) is 10. The number of aliphatic carboxylic acids is 1. The van der Waals surface area contributed by atoms with E-state index in [0.717, 1.165) is 24.8 Å². The van der Waals surface area contributed by atoms with Gasteiger partial charge in [-0.3, -0.25) is 20.2 Å². The van der Waals surface area contributed by atoms with Crippen molar-refractivity contribution in [2.75, 3.05) is 19.0 Å². The van der Waals surface area contributed by atoms with Crippen molar-refractivity contribution in [1.82, 2.24) is 5.32 Å². The number of benzene rings is 2. The summed E-state index contributed by atoms with van der Waals surface area (Å²) >= 11 is 0. The molecule has 14 heteroatoms. The molecule has 0 aromatic heterocycles.